The van der Waals surface area contributed by atoms with E-state index in [0.717, 1.165) is 11.1 Å². The first kappa shape index (κ1) is 31.0. The molecule has 9 nitrogen and oxygen atoms in total. The molecule has 0 spiro atoms. The Labute approximate surface area is 241 Å². The summed E-state index contributed by atoms with van der Waals surface area (Å²) in [5, 5.41) is 26.3. The second kappa shape index (κ2) is 12.8. The van der Waals surface area contributed by atoms with E-state index in [1.54, 1.807) is 58.0 Å². The molecule has 2 unspecified atom stereocenters. The lowest BCUT2D eigenvalue weighted by Gasteiger charge is -2.32. The average Bonchev–Trinajstić information content (AvgIpc) is 2.88. The third kappa shape index (κ3) is 8.00. The van der Waals surface area contributed by atoms with Crippen LogP contribution in [-0.4, -0.2) is 51.7 Å². The summed E-state index contributed by atoms with van der Waals surface area (Å²) in [5.41, 5.74) is 2.95. The van der Waals surface area contributed by atoms with Crippen LogP contribution in [0, 0.1) is 20.8 Å². The van der Waals surface area contributed by atoms with Gasteiger partial charge in [0.05, 0.1) is 0 Å². The van der Waals surface area contributed by atoms with Gasteiger partial charge in [-0.05, 0) is 75.9 Å². The van der Waals surface area contributed by atoms with E-state index >= 15 is 0 Å². The molecular weight excluding hydrogens is 522 g/mol. The lowest BCUT2D eigenvalue weighted by atomic mass is 9.98. The molecule has 2 atom stereocenters. The number of para-hydroxylation sites is 2. The van der Waals surface area contributed by atoms with Gasteiger partial charge in [-0.25, -0.2) is 4.79 Å². The first-order chi connectivity index (χ1) is 19.2. The Morgan fingerprint density at radius 1 is 0.878 bits per heavy atom. The standard InChI is InChI=1S/C32H39N3O6/c1-19-10-8-11-20(2)26(19)34-29(38)27(24-13-9-12-21(3)28(24)37)35(7)30(39)25(33-31(40)41-32(4,5)6)18-22-14-16-23(36)17-15-22/h8-17,25,27,36-37H,18H2,1-7H3,(H,33,40)(H,34,38). The van der Waals surface area contributed by atoms with Crippen molar-refractivity contribution in [2.75, 3.05) is 12.4 Å². The number of aromatic hydroxyl groups is 2. The molecule has 0 heterocycles. The van der Waals surface area contributed by atoms with Crippen LogP contribution in [-0.2, 0) is 20.7 Å². The maximum atomic E-state index is 14.1. The van der Waals surface area contributed by atoms with Crippen molar-refractivity contribution < 1.29 is 29.3 Å². The number of nitrogens with zero attached hydrogens (tertiary/aromatic N) is 1. The van der Waals surface area contributed by atoms with Crippen LogP contribution in [0.1, 0.15) is 54.6 Å². The Bertz CT molecular complexity index is 1390. The first-order valence-corrected chi connectivity index (χ1v) is 13.4. The molecule has 0 aliphatic rings. The average molecular weight is 562 g/mol. The molecule has 218 valence electrons. The van der Waals surface area contributed by atoms with Crippen LogP contribution in [0.5, 0.6) is 11.5 Å². The summed E-state index contributed by atoms with van der Waals surface area (Å²) in [6.07, 6.45) is -0.730. The number of amides is 3. The Kier molecular flexibility index (Phi) is 9.65. The fourth-order valence-corrected chi connectivity index (χ4v) is 4.52. The highest BCUT2D eigenvalue weighted by Crippen LogP contribution is 2.33. The molecule has 0 saturated heterocycles. The number of phenols is 2. The van der Waals surface area contributed by atoms with Crippen molar-refractivity contribution in [2.45, 2.75) is 65.6 Å². The molecule has 0 saturated carbocycles. The van der Waals surface area contributed by atoms with Crippen LogP contribution in [0.4, 0.5) is 10.5 Å². The zero-order chi connectivity index (χ0) is 30.5. The minimum Gasteiger partial charge on any atom is -0.508 e. The molecule has 0 fully saturated rings. The molecule has 3 rings (SSSR count). The molecule has 3 amide bonds. The summed E-state index contributed by atoms with van der Waals surface area (Å²) in [6, 6.07) is 14.5. The Morgan fingerprint density at radius 3 is 2.02 bits per heavy atom. The van der Waals surface area contributed by atoms with Crippen molar-refractivity contribution in [3.8, 4) is 11.5 Å². The highest BCUT2D eigenvalue weighted by Gasteiger charge is 2.36. The van der Waals surface area contributed by atoms with E-state index in [0.29, 0.717) is 16.8 Å². The highest BCUT2D eigenvalue weighted by atomic mass is 16.6. The monoisotopic (exact) mass is 561 g/mol. The topological polar surface area (TPSA) is 128 Å². The van der Waals surface area contributed by atoms with Gasteiger partial charge in [0.1, 0.15) is 29.2 Å². The number of hydrogen-bond acceptors (Lipinski definition) is 6. The van der Waals surface area contributed by atoms with Crippen molar-refractivity contribution in [2.24, 2.45) is 0 Å². The molecule has 4 N–H and O–H groups in total. The molecule has 0 aliphatic carbocycles. The van der Waals surface area contributed by atoms with E-state index in [1.807, 2.05) is 32.0 Å². The fourth-order valence-electron chi connectivity index (χ4n) is 4.52. The number of anilines is 1. The molecular formula is C32H39N3O6. The smallest absolute Gasteiger partial charge is 0.408 e. The van der Waals surface area contributed by atoms with E-state index in [4.69, 9.17) is 4.74 Å². The Hall–Kier alpha value is -4.53. The van der Waals surface area contributed by atoms with Crippen molar-refractivity contribution >= 4 is 23.6 Å². The largest absolute Gasteiger partial charge is 0.508 e. The van der Waals surface area contributed by atoms with E-state index in [2.05, 4.69) is 10.6 Å². The minimum absolute atomic E-state index is 0.0620. The van der Waals surface area contributed by atoms with Gasteiger partial charge in [-0.1, -0.05) is 48.5 Å². The molecule has 0 radical (unpaired) electrons. The molecule has 3 aromatic carbocycles. The third-order valence-corrected chi connectivity index (χ3v) is 6.64. The van der Waals surface area contributed by atoms with Gasteiger partial charge >= 0.3 is 6.09 Å². The Balaban J connectivity index is 2.03. The molecule has 0 aromatic heterocycles. The molecule has 0 bridgehead atoms. The summed E-state index contributed by atoms with van der Waals surface area (Å²) in [4.78, 5) is 41.9. The van der Waals surface area contributed by atoms with Crippen LogP contribution in [0.3, 0.4) is 0 Å². The summed E-state index contributed by atoms with van der Waals surface area (Å²) in [7, 11) is 1.46. The Morgan fingerprint density at radius 2 is 1.44 bits per heavy atom. The van der Waals surface area contributed by atoms with Crippen LogP contribution < -0.4 is 10.6 Å². The van der Waals surface area contributed by atoms with Gasteiger partial charge in [0.25, 0.3) is 5.91 Å². The van der Waals surface area contributed by atoms with Gasteiger partial charge in [0.15, 0.2) is 0 Å². The van der Waals surface area contributed by atoms with E-state index in [1.165, 1.54) is 24.1 Å². The van der Waals surface area contributed by atoms with Crippen LogP contribution in [0.15, 0.2) is 60.7 Å². The maximum absolute atomic E-state index is 14.1. The number of rotatable bonds is 8. The predicted octanol–water partition coefficient (Wildman–Crippen LogP) is 5.30. The zero-order valence-electron chi connectivity index (χ0n) is 24.6. The number of alkyl carbamates (subject to hydrolysis) is 1. The van der Waals surface area contributed by atoms with Gasteiger partial charge in [0, 0.05) is 24.7 Å². The number of phenolic OH excluding ortho intramolecular Hbond substituents is 2. The molecule has 9 heteroatoms. The highest BCUT2D eigenvalue weighted by molar-refractivity contribution is 6.00. The van der Waals surface area contributed by atoms with Crippen LogP contribution >= 0.6 is 0 Å². The van der Waals surface area contributed by atoms with Crippen molar-refractivity contribution in [3.05, 3.63) is 88.5 Å². The second-order valence-electron chi connectivity index (χ2n) is 11.2. The van der Waals surface area contributed by atoms with E-state index in [-0.39, 0.29) is 23.5 Å². The number of hydrogen-bond donors (Lipinski definition) is 4. The lowest BCUT2D eigenvalue weighted by Crippen LogP contribution is -2.52. The molecule has 41 heavy (non-hydrogen) atoms. The summed E-state index contributed by atoms with van der Waals surface area (Å²) in [6.45, 7) is 10.6. The number of likely N-dealkylation sites (N-methyl/N-ethyl adjacent to an activating group) is 1. The first-order valence-electron chi connectivity index (χ1n) is 13.4. The number of ether oxygens (including phenoxy) is 1. The van der Waals surface area contributed by atoms with Gasteiger partial charge in [-0.15, -0.1) is 0 Å². The zero-order valence-corrected chi connectivity index (χ0v) is 24.6. The summed E-state index contributed by atoms with van der Waals surface area (Å²) in [5.74, 6) is -1.15. The number of carbonyl (C=O) groups excluding carboxylic acids is 3. The number of carbonyl (C=O) groups is 3. The number of aryl methyl sites for hydroxylation is 3. The van der Waals surface area contributed by atoms with Crippen molar-refractivity contribution in [1.82, 2.24) is 10.2 Å². The lowest BCUT2D eigenvalue weighted by molar-refractivity contribution is -0.139. The maximum Gasteiger partial charge on any atom is 0.408 e. The van der Waals surface area contributed by atoms with Crippen LogP contribution in [0.2, 0.25) is 0 Å². The van der Waals surface area contributed by atoms with Gasteiger partial charge in [-0.3, -0.25) is 9.59 Å². The van der Waals surface area contributed by atoms with Crippen molar-refractivity contribution in [1.29, 1.82) is 0 Å². The molecule has 0 aliphatic heterocycles. The van der Waals surface area contributed by atoms with E-state index < -0.39 is 35.6 Å². The summed E-state index contributed by atoms with van der Waals surface area (Å²) < 4.78 is 5.41. The number of nitrogens with one attached hydrogen (secondary N) is 2. The fraction of sp³-hybridized carbons (Fsp3) is 0.344. The minimum atomic E-state index is -1.23. The van der Waals surface area contributed by atoms with Gasteiger partial charge < -0.3 is 30.5 Å². The molecule has 3 aromatic rings. The third-order valence-electron chi connectivity index (χ3n) is 6.64. The predicted molar refractivity (Wildman–Crippen MR) is 158 cm³/mol. The van der Waals surface area contributed by atoms with E-state index in [9.17, 15) is 24.6 Å². The van der Waals surface area contributed by atoms with Crippen molar-refractivity contribution in [3.63, 3.8) is 0 Å². The van der Waals surface area contributed by atoms with Gasteiger partial charge in [-0.2, -0.15) is 0 Å². The van der Waals surface area contributed by atoms with Crippen LogP contribution in [0.25, 0.3) is 0 Å². The quantitative estimate of drug-likeness (QED) is 0.296. The normalized spacial score (nSPS) is 12.7. The number of benzene rings is 3. The SMILES string of the molecule is Cc1cccc(C(C(=O)Nc2c(C)cccc2C)N(C)C(=O)C(Cc2ccc(O)cc2)NC(=O)OC(C)(C)C)c1O. The second-order valence-corrected chi connectivity index (χ2v) is 11.2. The summed E-state index contributed by atoms with van der Waals surface area (Å²) >= 11 is 0. The van der Waals surface area contributed by atoms with Gasteiger partial charge in [0.2, 0.25) is 5.91 Å².